The summed E-state index contributed by atoms with van der Waals surface area (Å²) in [5, 5.41) is 2.80. The fourth-order valence-corrected chi connectivity index (χ4v) is 4.55. The second-order valence-corrected chi connectivity index (χ2v) is 8.79. The van der Waals surface area contributed by atoms with E-state index in [4.69, 9.17) is 0 Å². The Labute approximate surface area is 123 Å². The predicted octanol–water partition coefficient (Wildman–Crippen LogP) is 6.54. The number of thiophene rings is 2. The first-order chi connectivity index (χ1) is 8.84. The van der Waals surface area contributed by atoms with Gasteiger partial charge in [-0.05, 0) is 46.4 Å². The Morgan fingerprint density at radius 2 is 1.47 bits per heavy atom. The van der Waals surface area contributed by atoms with E-state index in [2.05, 4.69) is 58.9 Å². The average Bonchev–Trinajstić information content (AvgIpc) is 2.86. The molecule has 0 saturated heterocycles. The zero-order valence-electron chi connectivity index (χ0n) is 12.2. The lowest BCUT2D eigenvalue weighted by molar-refractivity contribution is 0.604. The molecular weight excluding hydrogens is 268 g/mol. The van der Waals surface area contributed by atoms with Crippen LogP contribution >= 0.6 is 22.7 Å². The first-order valence-corrected chi connectivity index (χ1v) is 8.45. The highest BCUT2D eigenvalue weighted by atomic mass is 32.1. The van der Waals surface area contributed by atoms with Gasteiger partial charge in [0.2, 0.25) is 0 Å². The molecule has 0 fully saturated rings. The van der Waals surface area contributed by atoms with E-state index in [0.29, 0.717) is 5.92 Å². The van der Waals surface area contributed by atoms with Gasteiger partial charge in [-0.25, -0.2) is 0 Å². The Balaban J connectivity index is 2.21. The van der Waals surface area contributed by atoms with Crippen LogP contribution in [0.3, 0.4) is 0 Å². The van der Waals surface area contributed by atoms with Crippen molar-refractivity contribution < 1.29 is 0 Å². The van der Waals surface area contributed by atoms with E-state index in [1.54, 1.807) is 0 Å². The van der Waals surface area contributed by atoms with Crippen LogP contribution in [0.1, 0.15) is 50.3 Å². The Bertz CT molecular complexity index is 685. The lowest BCUT2D eigenvalue weighted by atomic mass is 9.94. The van der Waals surface area contributed by atoms with Crippen molar-refractivity contribution in [1.29, 1.82) is 0 Å². The van der Waals surface area contributed by atoms with Crippen molar-refractivity contribution in [3.05, 3.63) is 34.0 Å². The van der Waals surface area contributed by atoms with E-state index >= 15 is 0 Å². The maximum atomic E-state index is 2.38. The molecule has 0 spiro atoms. The highest BCUT2D eigenvalue weighted by molar-refractivity contribution is 7.21. The summed E-state index contributed by atoms with van der Waals surface area (Å²) in [5.74, 6) is 0.626. The van der Waals surface area contributed by atoms with E-state index in [1.165, 1.54) is 29.9 Å². The van der Waals surface area contributed by atoms with E-state index < -0.39 is 0 Å². The van der Waals surface area contributed by atoms with E-state index in [-0.39, 0.29) is 5.41 Å². The molecule has 0 saturated carbocycles. The Morgan fingerprint density at radius 3 is 2.11 bits per heavy atom. The van der Waals surface area contributed by atoms with Gasteiger partial charge in [0.1, 0.15) is 0 Å². The molecule has 1 aromatic carbocycles. The summed E-state index contributed by atoms with van der Waals surface area (Å²) in [7, 11) is 0. The fourth-order valence-electron chi connectivity index (χ4n) is 2.25. The number of fused-ring (bicyclic) bond motifs is 2. The minimum Gasteiger partial charge on any atom is -0.140 e. The summed E-state index contributed by atoms with van der Waals surface area (Å²) in [6, 6.07) is 9.46. The van der Waals surface area contributed by atoms with Crippen molar-refractivity contribution in [3.8, 4) is 0 Å². The Hall–Kier alpha value is -0.860. The topological polar surface area (TPSA) is 0 Å². The zero-order chi connectivity index (χ0) is 13.8. The molecule has 0 aliphatic heterocycles. The maximum absolute atomic E-state index is 2.38. The molecule has 0 aliphatic carbocycles. The first-order valence-electron chi connectivity index (χ1n) is 6.82. The smallest absolute Gasteiger partial charge is 0.0360 e. The highest BCUT2D eigenvalue weighted by Gasteiger charge is 2.17. The second kappa shape index (κ2) is 4.32. The molecule has 0 aliphatic rings. The molecule has 2 aromatic heterocycles. The van der Waals surface area contributed by atoms with Crippen molar-refractivity contribution in [2.75, 3.05) is 0 Å². The second-order valence-electron chi connectivity index (χ2n) is 6.59. The molecule has 0 amide bonds. The summed E-state index contributed by atoms with van der Waals surface area (Å²) in [5.41, 5.74) is 0.250. The number of rotatable bonds is 1. The van der Waals surface area contributed by atoms with Gasteiger partial charge in [-0.1, -0.05) is 34.6 Å². The van der Waals surface area contributed by atoms with Gasteiger partial charge in [0.05, 0.1) is 0 Å². The molecule has 0 unspecified atom stereocenters. The number of benzene rings is 1. The number of hydrogen-bond acceptors (Lipinski definition) is 2. The van der Waals surface area contributed by atoms with E-state index in [1.807, 2.05) is 22.7 Å². The molecule has 3 aromatic rings. The molecule has 0 N–H and O–H groups in total. The minimum absolute atomic E-state index is 0.250. The van der Waals surface area contributed by atoms with Gasteiger partial charge in [0, 0.05) is 19.2 Å². The third-order valence-corrected chi connectivity index (χ3v) is 6.40. The molecule has 100 valence electrons. The summed E-state index contributed by atoms with van der Waals surface area (Å²) in [6.45, 7) is 11.4. The predicted molar refractivity (Wildman–Crippen MR) is 90.0 cm³/mol. The quantitative estimate of drug-likeness (QED) is 0.477. The van der Waals surface area contributed by atoms with Crippen LogP contribution in [-0.4, -0.2) is 0 Å². The number of hydrogen-bond donors (Lipinski definition) is 0. The maximum Gasteiger partial charge on any atom is 0.0360 e. The lowest BCUT2D eigenvalue weighted by Gasteiger charge is -2.14. The van der Waals surface area contributed by atoms with Crippen LogP contribution in [0, 0.1) is 0 Å². The van der Waals surface area contributed by atoms with Crippen LogP contribution in [-0.2, 0) is 5.41 Å². The van der Waals surface area contributed by atoms with Crippen LogP contribution in [0.25, 0.3) is 20.2 Å². The summed E-state index contributed by atoms with van der Waals surface area (Å²) >= 11 is 3.89. The average molecular weight is 288 g/mol. The normalized spacial score (nSPS) is 12.9. The Morgan fingerprint density at radius 1 is 0.842 bits per heavy atom. The zero-order valence-corrected chi connectivity index (χ0v) is 13.8. The third-order valence-electron chi connectivity index (χ3n) is 3.48. The monoisotopic (exact) mass is 288 g/mol. The molecule has 0 nitrogen and oxygen atoms in total. The van der Waals surface area contributed by atoms with Crippen molar-refractivity contribution >= 4 is 42.8 Å². The van der Waals surface area contributed by atoms with Crippen LogP contribution in [0.2, 0.25) is 0 Å². The lowest BCUT2D eigenvalue weighted by Crippen LogP contribution is -2.07. The van der Waals surface area contributed by atoms with Gasteiger partial charge in [0.25, 0.3) is 0 Å². The van der Waals surface area contributed by atoms with Crippen molar-refractivity contribution in [1.82, 2.24) is 0 Å². The SMILES string of the molecule is CC(C)c1cc2cc3cc(C(C)(C)C)sc3cc2s1. The summed E-state index contributed by atoms with van der Waals surface area (Å²) in [4.78, 5) is 2.97. The van der Waals surface area contributed by atoms with Crippen LogP contribution in [0.15, 0.2) is 24.3 Å². The van der Waals surface area contributed by atoms with Gasteiger partial charge in [-0.3, -0.25) is 0 Å². The fraction of sp³-hybridized carbons (Fsp3) is 0.412. The molecule has 2 heteroatoms. The van der Waals surface area contributed by atoms with Gasteiger partial charge < -0.3 is 0 Å². The largest absolute Gasteiger partial charge is 0.140 e. The molecule has 0 bridgehead atoms. The molecule has 0 radical (unpaired) electrons. The van der Waals surface area contributed by atoms with Crippen LogP contribution in [0.4, 0.5) is 0 Å². The molecule has 19 heavy (non-hydrogen) atoms. The third kappa shape index (κ3) is 2.32. The minimum atomic E-state index is 0.250. The van der Waals surface area contributed by atoms with Crippen molar-refractivity contribution in [2.24, 2.45) is 0 Å². The first kappa shape index (κ1) is 13.1. The molecule has 0 atom stereocenters. The summed E-state index contributed by atoms with van der Waals surface area (Å²) < 4.78 is 2.85. The highest BCUT2D eigenvalue weighted by Crippen LogP contribution is 2.39. The summed E-state index contributed by atoms with van der Waals surface area (Å²) in [6.07, 6.45) is 0. The van der Waals surface area contributed by atoms with Gasteiger partial charge in [-0.2, -0.15) is 0 Å². The molecule has 3 rings (SSSR count). The van der Waals surface area contributed by atoms with Gasteiger partial charge in [-0.15, -0.1) is 22.7 Å². The van der Waals surface area contributed by atoms with Crippen molar-refractivity contribution in [3.63, 3.8) is 0 Å². The standard InChI is InChI=1S/C17H20S2/c1-10(2)13-7-11-6-12-8-16(17(3,4)5)19-15(12)9-14(11)18-13/h6-10H,1-5H3. The van der Waals surface area contributed by atoms with Crippen LogP contribution in [0.5, 0.6) is 0 Å². The van der Waals surface area contributed by atoms with Crippen LogP contribution < -0.4 is 0 Å². The van der Waals surface area contributed by atoms with E-state index in [9.17, 15) is 0 Å². The van der Waals surface area contributed by atoms with E-state index in [0.717, 1.165) is 0 Å². The Kier molecular flexibility index (Phi) is 2.99. The molecule has 2 heterocycles. The van der Waals surface area contributed by atoms with Gasteiger partial charge >= 0.3 is 0 Å². The van der Waals surface area contributed by atoms with Gasteiger partial charge in [0.15, 0.2) is 0 Å². The molecular formula is C17H20S2. The van der Waals surface area contributed by atoms with Crippen molar-refractivity contribution in [2.45, 2.75) is 46.0 Å².